The van der Waals surface area contributed by atoms with Crippen LogP contribution in [0.1, 0.15) is 25.5 Å². The van der Waals surface area contributed by atoms with E-state index >= 15 is 0 Å². The molecule has 0 bridgehead atoms. The van der Waals surface area contributed by atoms with Crippen molar-refractivity contribution < 1.29 is 9.13 Å². The van der Waals surface area contributed by atoms with Crippen molar-refractivity contribution in [2.75, 3.05) is 19.8 Å². The third kappa shape index (κ3) is 3.74. The molecule has 0 aliphatic heterocycles. The van der Waals surface area contributed by atoms with Crippen LogP contribution in [-0.2, 0) is 4.74 Å². The molecule has 1 aromatic rings. The van der Waals surface area contributed by atoms with E-state index in [9.17, 15) is 4.39 Å². The van der Waals surface area contributed by atoms with E-state index in [1.165, 1.54) is 6.07 Å². The summed E-state index contributed by atoms with van der Waals surface area (Å²) in [5.41, 5.74) is 0.558. The molecule has 1 N–H and O–H groups in total. The highest BCUT2D eigenvalue weighted by molar-refractivity contribution is 6.30. The molecule has 1 rings (SSSR count). The Morgan fingerprint density at radius 1 is 1.44 bits per heavy atom. The highest BCUT2D eigenvalue weighted by Gasteiger charge is 2.15. The summed E-state index contributed by atoms with van der Waals surface area (Å²) in [6, 6.07) is 4.42. The summed E-state index contributed by atoms with van der Waals surface area (Å²) >= 11 is 5.86. The van der Waals surface area contributed by atoms with Crippen LogP contribution >= 0.6 is 11.6 Å². The van der Waals surface area contributed by atoms with E-state index in [4.69, 9.17) is 16.3 Å². The predicted octanol–water partition coefficient (Wildman–Crippen LogP) is 3.17. The van der Waals surface area contributed by atoms with Gasteiger partial charge in [-0.3, -0.25) is 0 Å². The molecular weight excluding hydrogens is 229 g/mol. The Hall–Kier alpha value is -0.640. The van der Waals surface area contributed by atoms with Gasteiger partial charge in [0, 0.05) is 17.2 Å². The molecule has 0 aromatic heterocycles. The van der Waals surface area contributed by atoms with Gasteiger partial charge in [0.15, 0.2) is 0 Å². The van der Waals surface area contributed by atoms with Crippen LogP contribution in [0.25, 0.3) is 0 Å². The van der Waals surface area contributed by atoms with Gasteiger partial charge >= 0.3 is 0 Å². The second-order valence-electron chi connectivity index (χ2n) is 3.44. The normalized spacial score (nSPS) is 12.8. The van der Waals surface area contributed by atoms with Crippen molar-refractivity contribution in [3.8, 4) is 0 Å². The topological polar surface area (TPSA) is 21.3 Å². The number of nitrogens with one attached hydrogen (secondary N) is 1. The fraction of sp³-hybridized carbons (Fsp3) is 0.500. The summed E-state index contributed by atoms with van der Waals surface area (Å²) in [5, 5.41) is 3.72. The third-order valence-electron chi connectivity index (χ3n) is 2.27. The Bertz CT molecular complexity index is 333. The van der Waals surface area contributed by atoms with E-state index in [1.807, 2.05) is 13.8 Å². The van der Waals surface area contributed by atoms with Gasteiger partial charge < -0.3 is 10.1 Å². The van der Waals surface area contributed by atoms with Crippen LogP contribution in [0.4, 0.5) is 4.39 Å². The Kier molecular flexibility index (Phi) is 5.74. The van der Waals surface area contributed by atoms with Gasteiger partial charge in [-0.2, -0.15) is 0 Å². The van der Waals surface area contributed by atoms with Gasteiger partial charge in [-0.05, 0) is 31.7 Å². The molecule has 0 fully saturated rings. The molecule has 2 nitrogen and oxygen atoms in total. The molecular formula is C12H17ClFNO. The molecule has 1 aromatic carbocycles. The summed E-state index contributed by atoms with van der Waals surface area (Å²) < 4.78 is 18.9. The maximum Gasteiger partial charge on any atom is 0.128 e. The molecule has 0 amide bonds. The van der Waals surface area contributed by atoms with Gasteiger partial charge in [-0.25, -0.2) is 4.39 Å². The number of ether oxygens (including phenoxy) is 1. The first kappa shape index (κ1) is 13.4. The average molecular weight is 246 g/mol. The van der Waals surface area contributed by atoms with Gasteiger partial charge in [0.1, 0.15) is 5.82 Å². The fourth-order valence-electron chi connectivity index (χ4n) is 1.52. The first-order valence-electron chi connectivity index (χ1n) is 5.45. The lowest BCUT2D eigenvalue weighted by Crippen LogP contribution is -2.26. The lowest BCUT2D eigenvalue weighted by molar-refractivity contribution is 0.122. The van der Waals surface area contributed by atoms with Crippen LogP contribution < -0.4 is 5.32 Å². The second-order valence-corrected chi connectivity index (χ2v) is 3.87. The van der Waals surface area contributed by atoms with E-state index in [0.717, 1.165) is 6.54 Å². The van der Waals surface area contributed by atoms with Crippen LogP contribution in [0.2, 0.25) is 5.02 Å². The molecule has 0 saturated heterocycles. The van der Waals surface area contributed by atoms with Crippen LogP contribution in [0.15, 0.2) is 18.2 Å². The number of halogens is 2. The van der Waals surface area contributed by atoms with Crippen molar-refractivity contribution in [1.82, 2.24) is 5.32 Å². The smallest absolute Gasteiger partial charge is 0.128 e. The molecule has 0 aliphatic carbocycles. The van der Waals surface area contributed by atoms with E-state index in [0.29, 0.717) is 23.8 Å². The molecule has 0 radical (unpaired) electrons. The summed E-state index contributed by atoms with van der Waals surface area (Å²) in [4.78, 5) is 0. The molecule has 16 heavy (non-hydrogen) atoms. The zero-order chi connectivity index (χ0) is 12.0. The van der Waals surface area contributed by atoms with Crippen molar-refractivity contribution in [2.24, 2.45) is 0 Å². The highest BCUT2D eigenvalue weighted by atomic mass is 35.5. The zero-order valence-electron chi connectivity index (χ0n) is 9.59. The minimum atomic E-state index is -0.255. The predicted molar refractivity (Wildman–Crippen MR) is 64.3 cm³/mol. The van der Waals surface area contributed by atoms with Gasteiger partial charge in [0.05, 0.1) is 12.6 Å². The van der Waals surface area contributed by atoms with Gasteiger partial charge in [-0.15, -0.1) is 0 Å². The van der Waals surface area contributed by atoms with Crippen molar-refractivity contribution in [2.45, 2.75) is 19.9 Å². The lowest BCUT2D eigenvalue weighted by atomic mass is 10.1. The molecule has 4 heteroatoms. The minimum Gasteiger partial charge on any atom is -0.380 e. The first-order chi connectivity index (χ1) is 7.69. The third-order valence-corrected chi connectivity index (χ3v) is 2.51. The van der Waals surface area contributed by atoms with E-state index in [1.54, 1.807) is 12.1 Å². The van der Waals surface area contributed by atoms with E-state index < -0.39 is 0 Å². The number of rotatable bonds is 6. The minimum absolute atomic E-state index is 0.149. The van der Waals surface area contributed by atoms with Crippen molar-refractivity contribution >= 4 is 11.6 Å². The molecule has 1 unspecified atom stereocenters. The average Bonchev–Trinajstić information content (AvgIpc) is 2.28. The van der Waals surface area contributed by atoms with E-state index in [2.05, 4.69) is 5.32 Å². The number of hydrogen-bond acceptors (Lipinski definition) is 2. The molecule has 1 atom stereocenters. The number of benzene rings is 1. The standard InChI is InChI=1S/C12H17ClFNO/c1-3-15-12(8-16-4-2)10-7-9(13)5-6-11(10)14/h5-7,12,15H,3-4,8H2,1-2H3. The Morgan fingerprint density at radius 2 is 2.19 bits per heavy atom. The SMILES string of the molecule is CCNC(COCC)c1cc(Cl)ccc1F. The molecule has 0 saturated carbocycles. The Balaban J connectivity index is 2.85. The second kappa shape index (κ2) is 6.84. The summed E-state index contributed by atoms with van der Waals surface area (Å²) in [5.74, 6) is -0.255. The molecule has 0 spiro atoms. The van der Waals surface area contributed by atoms with Crippen LogP contribution in [0, 0.1) is 5.82 Å². The van der Waals surface area contributed by atoms with Crippen molar-refractivity contribution in [3.05, 3.63) is 34.6 Å². The molecule has 90 valence electrons. The van der Waals surface area contributed by atoms with Crippen molar-refractivity contribution in [1.29, 1.82) is 0 Å². The summed E-state index contributed by atoms with van der Waals surface area (Å²) in [6.45, 7) is 5.70. The fourth-order valence-corrected chi connectivity index (χ4v) is 1.70. The largest absolute Gasteiger partial charge is 0.380 e. The van der Waals surface area contributed by atoms with Crippen LogP contribution in [0.5, 0.6) is 0 Å². The Morgan fingerprint density at radius 3 is 2.81 bits per heavy atom. The maximum atomic E-state index is 13.6. The maximum absolute atomic E-state index is 13.6. The van der Waals surface area contributed by atoms with Gasteiger partial charge in [-0.1, -0.05) is 18.5 Å². The number of hydrogen-bond donors (Lipinski definition) is 1. The lowest BCUT2D eigenvalue weighted by Gasteiger charge is -2.18. The van der Waals surface area contributed by atoms with Crippen molar-refractivity contribution in [3.63, 3.8) is 0 Å². The van der Waals surface area contributed by atoms with Gasteiger partial charge in [0.2, 0.25) is 0 Å². The first-order valence-corrected chi connectivity index (χ1v) is 5.82. The van der Waals surface area contributed by atoms with E-state index in [-0.39, 0.29) is 11.9 Å². The summed E-state index contributed by atoms with van der Waals surface area (Å²) in [7, 11) is 0. The number of likely N-dealkylation sites (N-methyl/N-ethyl adjacent to an activating group) is 1. The van der Waals surface area contributed by atoms with Crippen LogP contribution in [0.3, 0.4) is 0 Å². The Labute approximate surface area is 101 Å². The molecule has 0 aliphatic rings. The molecule has 0 heterocycles. The van der Waals surface area contributed by atoms with Crippen LogP contribution in [-0.4, -0.2) is 19.8 Å². The zero-order valence-corrected chi connectivity index (χ0v) is 10.4. The van der Waals surface area contributed by atoms with Gasteiger partial charge in [0.25, 0.3) is 0 Å². The quantitative estimate of drug-likeness (QED) is 0.831. The highest BCUT2D eigenvalue weighted by Crippen LogP contribution is 2.21. The summed E-state index contributed by atoms with van der Waals surface area (Å²) in [6.07, 6.45) is 0. The monoisotopic (exact) mass is 245 g/mol.